The van der Waals surface area contributed by atoms with E-state index in [1.807, 2.05) is 0 Å². The molecule has 7 nitrogen and oxygen atoms in total. The molecule has 0 aromatic heterocycles. The van der Waals surface area contributed by atoms with Crippen molar-refractivity contribution < 1.29 is 24.2 Å². The van der Waals surface area contributed by atoms with Gasteiger partial charge in [0.05, 0.1) is 19.6 Å². The molecule has 0 spiro atoms. The van der Waals surface area contributed by atoms with Crippen LogP contribution in [0.4, 0.5) is 5.69 Å². The van der Waals surface area contributed by atoms with Gasteiger partial charge in [-0.1, -0.05) is 18.2 Å². The number of carbonyl (C=O) groups is 3. The maximum absolute atomic E-state index is 12.4. The van der Waals surface area contributed by atoms with Crippen LogP contribution in [0.3, 0.4) is 0 Å². The molecule has 1 aromatic rings. The number of nitrogens with zero attached hydrogens (tertiary/aromatic N) is 1. The molecule has 114 valence electrons. The van der Waals surface area contributed by atoms with E-state index in [2.05, 4.69) is 4.74 Å². The van der Waals surface area contributed by atoms with Gasteiger partial charge in [-0.05, 0) is 19.1 Å². The zero-order valence-electron chi connectivity index (χ0n) is 11.9. The van der Waals surface area contributed by atoms with Gasteiger partial charge in [0.25, 0.3) is 0 Å². The van der Waals surface area contributed by atoms with E-state index >= 15 is 0 Å². The van der Waals surface area contributed by atoms with E-state index in [4.69, 9.17) is 10.8 Å². The summed E-state index contributed by atoms with van der Waals surface area (Å²) in [5.41, 5.74) is 6.06. The van der Waals surface area contributed by atoms with Crippen LogP contribution in [0.15, 0.2) is 30.3 Å². The Morgan fingerprint density at radius 1 is 1.29 bits per heavy atom. The molecular formula is C14H18N2O5. The minimum atomic E-state index is -1.24. The number of aliphatic carboxylic acids is 1. The quantitative estimate of drug-likeness (QED) is 0.734. The molecule has 21 heavy (non-hydrogen) atoms. The highest BCUT2D eigenvalue weighted by atomic mass is 16.5. The van der Waals surface area contributed by atoms with Crippen molar-refractivity contribution in [1.29, 1.82) is 0 Å². The van der Waals surface area contributed by atoms with E-state index in [0.29, 0.717) is 5.69 Å². The van der Waals surface area contributed by atoms with Crippen LogP contribution in [-0.4, -0.2) is 42.1 Å². The van der Waals surface area contributed by atoms with E-state index in [1.54, 1.807) is 30.3 Å². The van der Waals surface area contributed by atoms with Crippen molar-refractivity contribution in [3.8, 4) is 0 Å². The molecule has 0 saturated heterocycles. The topological polar surface area (TPSA) is 110 Å². The van der Waals surface area contributed by atoms with E-state index in [1.165, 1.54) is 14.0 Å². The van der Waals surface area contributed by atoms with Crippen molar-refractivity contribution in [2.45, 2.75) is 25.4 Å². The molecule has 0 heterocycles. The number of rotatable bonds is 6. The van der Waals surface area contributed by atoms with Crippen LogP contribution in [0, 0.1) is 0 Å². The van der Waals surface area contributed by atoms with E-state index in [0.717, 1.165) is 4.90 Å². The molecule has 0 fully saturated rings. The monoisotopic (exact) mass is 294 g/mol. The van der Waals surface area contributed by atoms with Crippen molar-refractivity contribution >= 4 is 23.5 Å². The number of esters is 1. The summed E-state index contributed by atoms with van der Waals surface area (Å²) in [4.78, 5) is 35.9. The summed E-state index contributed by atoms with van der Waals surface area (Å²) in [6.45, 7) is 1.49. The number of anilines is 1. The SMILES string of the molecule is COC(=O)C(C)N(C(=O)C(N)CC(=O)O)c1ccccc1. The van der Waals surface area contributed by atoms with Gasteiger partial charge in [0, 0.05) is 5.69 Å². The minimum absolute atomic E-state index is 0.446. The first-order valence-corrected chi connectivity index (χ1v) is 6.31. The lowest BCUT2D eigenvalue weighted by atomic mass is 10.1. The molecule has 1 rings (SSSR count). The highest BCUT2D eigenvalue weighted by molar-refractivity contribution is 6.03. The molecule has 7 heteroatoms. The van der Waals surface area contributed by atoms with Crippen LogP contribution in [0.1, 0.15) is 13.3 Å². The number of para-hydroxylation sites is 1. The Bertz CT molecular complexity index is 517. The maximum Gasteiger partial charge on any atom is 0.328 e. The summed E-state index contributed by atoms with van der Waals surface area (Å²) < 4.78 is 4.64. The number of amides is 1. The molecule has 0 radical (unpaired) electrons. The fourth-order valence-corrected chi connectivity index (χ4v) is 1.86. The molecule has 0 aliphatic carbocycles. The number of benzene rings is 1. The fourth-order valence-electron chi connectivity index (χ4n) is 1.86. The number of carbonyl (C=O) groups excluding carboxylic acids is 2. The van der Waals surface area contributed by atoms with E-state index in [-0.39, 0.29) is 0 Å². The Labute approximate surface area is 122 Å². The molecule has 0 bridgehead atoms. The second kappa shape index (κ2) is 7.39. The molecule has 0 saturated carbocycles. The third-order valence-electron chi connectivity index (χ3n) is 2.91. The standard InChI is InChI=1S/C14H18N2O5/c1-9(14(20)21-2)16(10-6-4-3-5-7-10)13(19)11(15)8-12(17)18/h3-7,9,11H,8,15H2,1-2H3,(H,17,18). The molecule has 2 unspecified atom stereocenters. The van der Waals surface area contributed by atoms with Gasteiger partial charge in [-0.3, -0.25) is 14.5 Å². The second-order valence-electron chi connectivity index (χ2n) is 4.45. The predicted molar refractivity (Wildman–Crippen MR) is 75.6 cm³/mol. The summed E-state index contributed by atoms with van der Waals surface area (Å²) in [7, 11) is 1.21. The zero-order valence-corrected chi connectivity index (χ0v) is 11.9. The van der Waals surface area contributed by atoms with Gasteiger partial charge in [0.1, 0.15) is 6.04 Å². The van der Waals surface area contributed by atoms with Crippen LogP contribution >= 0.6 is 0 Å². The van der Waals surface area contributed by atoms with Crippen LogP contribution in [0.25, 0.3) is 0 Å². The Kier molecular flexibility index (Phi) is 5.86. The van der Waals surface area contributed by atoms with Crippen molar-refractivity contribution in [1.82, 2.24) is 0 Å². The van der Waals surface area contributed by atoms with E-state index < -0.39 is 36.4 Å². The molecule has 2 atom stereocenters. The first kappa shape index (κ1) is 16.6. The summed E-state index contributed by atoms with van der Waals surface area (Å²) >= 11 is 0. The molecular weight excluding hydrogens is 276 g/mol. The smallest absolute Gasteiger partial charge is 0.328 e. The number of ether oxygens (including phenoxy) is 1. The van der Waals surface area contributed by atoms with Gasteiger partial charge in [-0.25, -0.2) is 4.79 Å². The van der Waals surface area contributed by atoms with Crippen molar-refractivity contribution in [3.05, 3.63) is 30.3 Å². The maximum atomic E-state index is 12.4. The molecule has 3 N–H and O–H groups in total. The Morgan fingerprint density at radius 2 is 1.86 bits per heavy atom. The number of hydrogen-bond donors (Lipinski definition) is 2. The normalized spacial score (nSPS) is 13.1. The average molecular weight is 294 g/mol. The average Bonchev–Trinajstić information content (AvgIpc) is 2.46. The number of nitrogens with two attached hydrogens (primary N) is 1. The number of carboxylic acids is 1. The molecule has 0 aliphatic rings. The summed E-state index contributed by atoms with van der Waals surface area (Å²) in [5.74, 6) is -2.45. The van der Waals surface area contributed by atoms with Gasteiger partial charge >= 0.3 is 11.9 Å². The number of carboxylic acid groups (broad SMARTS) is 1. The fraction of sp³-hybridized carbons (Fsp3) is 0.357. The highest BCUT2D eigenvalue weighted by Crippen LogP contribution is 2.19. The van der Waals surface area contributed by atoms with E-state index in [9.17, 15) is 14.4 Å². The Morgan fingerprint density at radius 3 is 2.33 bits per heavy atom. The van der Waals surface area contributed by atoms with Gasteiger partial charge < -0.3 is 15.6 Å². The van der Waals surface area contributed by atoms with Crippen molar-refractivity contribution in [3.63, 3.8) is 0 Å². The first-order valence-electron chi connectivity index (χ1n) is 6.31. The molecule has 1 amide bonds. The van der Waals surface area contributed by atoms with Crippen molar-refractivity contribution in [2.75, 3.05) is 12.0 Å². The van der Waals surface area contributed by atoms with Gasteiger partial charge in [-0.15, -0.1) is 0 Å². The van der Waals surface area contributed by atoms with Crippen LogP contribution in [0.2, 0.25) is 0 Å². The highest BCUT2D eigenvalue weighted by Gasteiger charge is 2.32. The summed E-state index contributed by atoms with van der Waals surface area (Å²) in [6.07, 6.45) is -0.518. The lowest BCUT2D eigenvalue weighted by molar-refractivity contribution is -0.143. The second-order valence-corrected chi connectivity index (χ2v) is 4.45. The number of methoxy groups -OCH3 is 1. The first-order chi connectivity index (χ1) is 9.88. The van der Waals surface area contributed by atoms with Gasteiger partial charge in [-0.2, -0.15) is 0 Å². The lowest BCUT2D eigenvalue weighted by Gasteiger charge is -2.29. The van der Waals surface area contributed by atoms with Crippen LogP contribution in [-0.2, 0) is 19.1 Å². The molecule has 0 aliphatic heterocycles. The van der Waals surface area contributed by atoms with Gasteiger partial charge in [0.15, 0.2) is 0 Å². The van der Waals surface area contributed by atoms with Crippen molar-refractivity contribution in [2.24, 2.45) is 5.73 Å². The Hall–Kier alpha value is -2.41. The summed E-state index contributed by atoms with van der Waals surface area (Å²) in [5, 5.41) is 8.74. The number of hydrogen-bond acceptors (Lipinski definition) is 5. The molecule has 1 aromatic carbocycles. The largest absolute Gasteiger partial charge is 0.481 e. The third-order valence-corrected chi connectivity index (χ3v) is 2.91. The Balaban J connectivity index is 3.10. The van der Waals surface area contributed by atoms with Crippen LogP contribution < -0.4 is 10.6 Å². The lowest BCUT2D eigenvalue weighted by Crippen LogP contribution is -2.51. The summed E-state index contributed by atoms with van der Waals surface area (Å²) in [6, 6.07) is 6.26. The van der Waals surface area contributed by atoms with Gasteiger partial charge in [0.2, 0.25) is 5.91 Å². The minimum Gasteiger partial charge on any atom is -0.481 e. The zero-order chi connectivity index (χ0) is 16.0. The van der Waals surface area contributed by atoms with Crippen LogP contribution in [0.5, 0.6) is 0 Å². The third kappa shape index (κ3) is 4.28. The predicted octanol–water partition coefficient (Wildman–Crippen LogP) is 0.383.